The number of methoxy groups -OCH3 is 1. The van der Waals surface area contributed by atoms with Gasteiger partial charge in [0.05, 0.1) is 12.7 Å². The predicted octanol–water partition coefficient (Wildman–Crippen LogP) is 2.94. The molecule has 1 rings (SSSR count). The molecule has 0 saturated carbocycles. The first-order chi connectivity index (χ1) is 10.1. The number of ether oxygens (including phenoxy) is 1. The van der Waals surface area contributed by atoms with E-state index in [-0.39, 0.29) is 12.0 Å². The number of halogens is 3. The van der Waals surface area contributed by atoms with Crippen molar-refractivity contribution in [3.8, 4) is 0 Å². The van der Waals surface area contributed by atoms with Crippen molar-refractivity contribution in [1.29, 1.82) is 0 Å². The zero-order valence-electron chi connectivity index (χ0n) is 12.2. The fraction of sp³-hybridized carbons (Fsp3) is 0.333. The van der Waals surface area contributed by atoms with Crippen LogP contribution >= 0.6 is 0 Å². The van der Waals surface area contributed by atoms with Crippen LogP contribution in [0.15, 0.2) is 36.4 Å². The minimum absolute atomic E-state index is 0.0172. The van der Waals surface area contributed by atoms with Crippen molar-refractivity contribution < 1.29 is 27.5 Å². The van der Waals surface area contributed by atoms with Crippen LogP contribution in [0.1, 0.15) is 29.3 Å². The van der Waals surface area contributed by atoms with E-state index in [2.05, 4.69) is 16.6 Å². The molecule has 7 heteroatoms. The number of alkyl halides is 3. The number of benzene rings is 1. The van der Waals surface area contributed by atoms with E-state index in [4.69, 9.17) is 0 Å². The van der Waals surface area contributed by atoms with Gasteiger partial charge in [0.15, 0.2) is 0 Å². The predicted molar refractivity (Wildman–Crippen MR) is 74.1 cm³/mol. The van der Waals surface area contributed by atoms with Gasteiger partial charge in [0, 0.05) is 5.56 Å². The number of carbonyl (C=O) groups excluding carboxylic acids is 2. The van der Waals surface area contributed by atoms with Gasteiger partial charge in [-0.3, -0.25) is 4.79 Å². The summed E-state index contributed by atoms with van der Waals surface area (Å²) in [6, 6.07) is 2.78. The van der Waals surface area contributed by atoms with Crippen molar-refractivity contribution in [2.45, 2.75) is 25.6 Å². The highest BCUT2D eigenvalue weighted by Crippen LogP contribution is 2.29. The van der Waals surface area contributed by atoms with Gasteiger partial charge in [0.2, 0.25) is 0 Å². The molecular weight excluding hydrogens is 299 g/mol. The first kappa shape index (κ1) is 17.7. The molecule has 0 spiro atoms. The van der Waals surface area contributed by atoms with E-state index in [1.54, 1.807) is 6.92 Å². The molecule has 0 aliphatic rings. The third-order valence-electron chi connectivity index (χ3n) is 2.82. The molecule has 22 heavy (non-hydrogen) atoms. The quantitative estimate of drug-likeness (QED) is 0.671. The molecule has 0 aliphatic carbocycles. The fourth-order valence-electron chi connectivity index (χ4n) is 1.74. The molecule has 1 atom stereocenters. The average molecular weight is 315 g/mol. The molecule has 0 aromatic heterocycles. The Bertz CT molecular complexity index is 564. The van der Waals surface area contributed by atoms with Crippen LogP contribution in [-0.2, 0) is 15.7 Å². The Balaban J connectivity index is 2.86. The van der Waals surface area contributed by atoms with Crippen LogP contribution in [-0.4, -0.2) is 25.0 Å². The molecule has 0 fully saturated rings. The lowest BCUT2D eigenvalue weighted by Gasteiger charge is -2.16. The van der Waals surface area contributed by atoms with Gasteiger partial charge in [-0.05, 0) is 37.6 Å². The second-order valence-corrected chi connectivity index (χ2v) is 4.79. The lowest BCUT2D eigenvalue weighted by Crippen LogP contribution is -2.41. The first-order valence-corrected chi connectivity index (χ1v) is 6.35. The highest BCUT2D eigenvalue weighted by atomic mass is 19.4. The van der Waals surface area contributed by atoms with Crippen LogP contribution in [0.4, 0.5) is 13.2 Å². The molecule has 0 radical (unpaired) electrons. The number of carbonyl (C=O) groups is 2. The summed E-state index contributed by atoms with van der Waals surface area (Å²) in [6.07, 6.45) is -4.29. The molecule has 0 bridgehead atoms. The normalized spacial score (nSPS) is 12.4. The molecule has 120 valence electrons. The summed E-state index contributed by atoms with van der Waals surface area (Å²) < 4.78 is 41.9. The molecule has 0 unspecified atom stereocenters. The molecule has 1 aromatic rings. The molecule has 1 aromatic carbocycles. The highest BCUT2D eigenvalue weighted by molar-refractivity contribution is 5.96. The number of rotatable bonds is 5. The summed E-state index contributed by atoms with van der Waals surface area (Å²) in [6.45, 7) is 5.33. The number of hydrogen-bond donors (Lipinski definition) is 1. The van der Waals surface area contributed by atoms with E-state index < -0.39 is 29.7 Å². The summed E-state index contributed by atoms with van der Waals surface area (Å²) in [7, 11) is 1.18. The Morgan fingerprint density at radius 2 is 1.82 bits per heavy atom. The third-order valence-corrected chi connectivity index (χ3v) is 2.82. The number of amides is 1. The van der Waals surface area contributed by atoms with E-state index in [1.807, 2.05) is 0 Å². The van der Waals surface area contributed by atoms with E-state index in [0.717, 1.165) is 24.3 Å². The maximum Gasteiger partial charge on any atom is 0.416 e. The lowest BCUT2D eigenvalue weighted by atomic mass is 10.1. The summed E-state index contributed by atoms with van der Waals surface area (Å²) >= 11 is 0. The van der Waals surface area contributed by atoms with Crippen molar-refractivity contribution >= 4 is 11.9 Å². The SMILES string of the molecule is C=C(C)C[C@H](NC(=O)c1ccc(C(F)(F)F)cc1)C(=O)OC. The maximum absolute atomic E-state index is 12.5. The molecule has 0 heterocycles. The Morgan fingerprint density at radius 3 is 2.23 bits per heavy atom. The van der Waals surface area contributed by atoms with Gasteiger partial charge >= 0.3 is 12.1 Å². The summed E-state index contributed by atoms with van der Waals surface area (Å²) in [5.74, 6) is -1.31. The van der Waals surface area contributed by atoms with Crippen LogP contribution in [0, 0.1) is 0 Å². The largest absolute Gasteiger partial charge is 0.467 e. The minimum Gasteiger partial charge on any atom is -0.467 e. The number of nitrogens with one attached hydrogen (secondary N) is 1. The second-order valence-electron chi connectivity index (χ2n) is 4.79. The van der Waals surface area contributed by atoms with Crippen molar-refractivity contribution in [3.05, 3.63) is 47.5 Å². The number of hydrogen-bond acceptors (Lipinski definition) is 3. The first-order valence-electron chi connectivity index (χ1n) is 6.35. The van der Waals surface area contributed by atoms with Crippen LogP contribution < -0.4 is 5.32 Å². The minimum atomic E-state index is -4.47. The zero-order valence-corrected chi connectivity index (χ0v) is 12.2. The van der Waals surface area contributed by atoms with Gasteiger partial charge in [0.25, 0.3) is 5.91 Å². The van der Waals surface area contributed by atoms with E-state index in [1.165, 1.54) is 7.11 Å². The summed E-state index contributed by atoms with van der Waals surface area (Å²) in [4.78, 5) is 23.6. The van der Waals surface area contributed by atoms with Crippen molar-refractivity contribution in [1.82, 2.24) is 5.32 Å². The van der Waals surface area contributed by atoms with E-state index in [9.17, 15) is 22.8 Å². The summed E-state index contributed by atoms with van der Waals surface area (Å²) in [5.41, 5.74) is -0.178. The van der Waals surface area contributed by atoms with Gasteiger partial charge in [0.1, 0.15) is 6.04 Å². The van der Waals surface area contributed by atoms with Gasteiger partial charge in [-0.2, -0.15) is 13.2 Å². The molecule has 4 nitrogen and oxygen atoms in total. The van der Waals surface area contributed by atoms with Crippen LogP contribution in [0.2, 0.25) is 0 Å². The van der Waals surface area contributed by atoms with Gasteiger partial charge in [-0.25, -0.2) is 4.79 Å². The topological polar surface area (TPSA) is 55.4 Å². The fourth-order valence-corrected chi connectivity index (χ4v) is 1.74. The Morgan fingerprint density at radius 1 is 1.27 bits per heavy atom. The average Bonchev–Trinajstić information content (AvgIpc) is 2.44. The van der Waals surface area contributed by atoms with E-state index >= 15 is 0 Å². The highest BCUT2D eigenvalue weighted by Gasteiger charge is 2.30. The van der Waals surface area contributed by atoms with Gasteiger partial charge < -0.3 is 10.1 Å². The summed E-state index contributed by atoms with van der Waals surface area (Å²) in [5, 5.41) is 2.42. The standard InChI is InChI=1S/C15H16F3NO3/c1-9(2)8-12(14(21)22-3)19-13(20)10-4-6-11(7-5-10)15(16,17)18/h4-7,12H,1,8H2,2-3H3,(H,19,20)/t12-/m0/s1. The Labute approximate surface area is 126 Å². The van der Waals surface area contributed by atoms with Crippen molar-refractivity contribution in [2.75, 3.05) is 7.11 Å². The van der Waals surface area contributed by atoms with Gasteiger partial charge in [-0.1, -0.05) is 5.57 Å². The van der Waals surface area contributed by atoms with Crippen molar-refractivity contribution in [2.24, 2.45) is 0 Å². The Kier molecular flexibility index (Phi) is 5.73. The Hall–Kier alpha value is -2.31. The van der Waals surface area contributed by atoms with E-state index in [0.29, 0.717) is 5.57 Å². The molecular formula is C15H16F3NO3. The van der Waals surface area contributed by atoms with Crippen LogP contribution in [0.5, 0.6) is 0 Å². The number of esters is 1. The third kappa shape index (κ3) is 4.91. The molecule has 1 amide bonds. The van der Waals surface area contributed by atoms with Crippen molar-refractivity contribution in [3.63, 3.8) is 0 Å². The smallest absolute Gasteiger partial charge is 0.416 e. The molecule has 0 aliphatic heterocycles. The van der Waals surface area contributed by atoms with Crippen LogP contribution in [0.3, 0.4) is 0 Å². The van der Waals surface area contributed by atoms with Crippen LogP contribution in [0.25, 0.3) is 0 Å². The lowest BCUT2D eigenvalue weighted by molar-refractivity contribution is -0.142. The second kappa shape index (κ2) is 7.11. The molecule has 0 saturated heterocycles. The monoisotopic (exact) mass is 315 g/mol. The maximum atomic E-state index is 12.5. The zero-order chi connectivity index (χ0) is 16.9. The van der Waals surface area contributed by atoms with Gasteiger partial charge in [-0.15, -0.1) is 6.58 Å². The molecule has 1 N–H and O–H groups in total.